The molecule has 5 fully saturated rings. The molecule has 1 aliphatic heterocycles. The summed E-state index contributed by atoms with van der Waals surface area (Å²) in [4.78, 5) is 17.7. The lowest BCUT2D eigenvalue weighted by Gasteiger charge is -2.59. The molecule has 1 unspecified atom stereocenters. The van der Waals surface area contributed by atoms with Gasteiger partial charge >= 0.3 is 0 Å². The zero-order valence-electron chi connectivity index (χ0n) is 20.0. The molecule has 1 aromatic carbocycles. The predicted molar refractivity (Wildman–Crippen MR) is 132 cm³/mol. The van der Waals surface area contributed by atoms with E-state index >= 15 is 0 Å². The summed E-state index contributed by atoms with van der Waals surface area (Å²) in [5, 5.41) is 16.0. The van der Waals surface area contributed by atoms with Gasteiger partial charge < -0.3 is 20.4 Å². The van der Waals surface area contributed by atoms with Crippen molar-refractivity contribution in [3.63, 3.8) is 0 Å². The number of likely N-dealkylation sites (N-methyl/N-ethyl adjacent to an activating group) is 1. The van der Waals surface area contributed by atoms with E-state index in [1.165, 1.54) is 44.2 Å². The largest absolute Gasteiger partial charge is 0.369 e. The lowest BCUT2D eigenvalue weighted by Crippen LogP contribution is -2.56. The van der Waals surface area contributed by atoms with Crippen molar-refractivity contribution < 1.29 is 4.79 Å². The number of carbonyl (C=O) groups excluding carboxylic acids is 1. The van der Waals surface area contributed by atoms with Crippen LogP contribution in [0.4, 0.5) is 11.4 Å². The molecule has 6 heteroatoms. The summed E-state index contributed by atoms with van der Waals surface area (Å²) in [5.74, 6) is 2.27. The number of rotatable bonds is 6. The van der Waals surface area contributed by atoms with Crippen LogP contribution in [-0.4, -0.2) is 50.1 Å². The lowest BCUT2D eigenvalue weighted by molar-refractivity contribution is -0.122. The van der Waals surface area contributed by atoms with Crippen LogP contribution in [0.25, 0.3) is 0 Å². The Hall–Kier alpha value is -2.52. The van der Waals surface area contributed by atoms with Gasteiger partial charge in [-0.2, -0.15) is 5.26 Å². The highest BCUT2D eigenvalue weighted by Gasteiger charge is 2.53. The molecule has 33 heavy (non-hydrogen) atoms. The van der Waals surface area contributed by atoms with Gasteiger partial charge in [-0.05, 0) is 99.9 Å². The van der Waals surface area contributed by atoms with Crippen molar-refractivity contribution >= 4 is 17.3 Å². The highest BCUT2D eigenvalue weighted by atomic mass is 16.1. The molecule has 0 spiro atoms. The van der Waals surface area contributed by atoms with Crippen LogP contribution in [0.3, 0.4) is 0 Å². The minimum atomic E-state index is -0.262. The topological polar surface area (TPSA) is 71.4 Å². The first-order valence-electron chi connectivity index (χ1n) is 12.7. The molecular weight excluding hydrogens is 410 g/mol. The van der Waals surface area contributed by atoms with Gasteiger partial charge in [-0.15, -0.1) is 0 Å². The number of piperazine rings is 1. The molecule has 5 aliphatic rings. The fourth-order valence-electron chi connectivity index (χ4n) is 7.27. The zero-order chi connectivity index (χ0) is 23.0. The second-order valence-electron chi connectivity index (χ2n) is 11.1. The van der Waals surface area contributed by atoms with E-state index < -0.39 is 0 Å². The van der Waals surface area contributed by atoms with Crippen molar-refractivity contribution in [3.8, 4) is 6.07 Å². The van der Waals surface area contributed by atoms with Crippen molar-refractivity contribution in [2.45, 2.75) is 51.5 Å². The van der Waals surface area contributed by atoms with Crippen LogP contribution in [0.1, 0.15) is 45.4 Å². The van der Waals surface area contributed by atoms with Crippen molar-refractivity contribution in [1.29, 1.82) is 5.26 Å². The maximum absolute atomic E-state index is 12.9. The minimum absolute atomic E-state index is 0.109. The predicted octanol–water partition coefficient (Wildman–Crippen LogP) is 3.98. The Balaban J connectivity index is 1.19. The first kappa shape index (κ1) is 22.3. The van der Waals surface area contributed by atoms with Crippen LogP contribution < -0.4 is 15.5 Å². The molecule has 1 heterocycles. The molecule has 1 saturated heterocycles. The minimum Gasteiger partial charge on any atom is -0.369 e. The van der Waals surface area contributed by atoms with E-state index in [0.717, 1.165) is 49.6 Å². The van der Waals surface area contributed by atoms with E-state index in [0.29, 0.717) is 0 Å². The summed E-state index contributed by atoms with van der Waals surface area (Å²) >= 11 is 0. The first-order chi connectivity index (χ1) is 15.9. The normalized spacial score (nSPS) is 32.3. The van der Waals surface area contributed by atoms with E-state index in [9.17, 15) is 10.1 Å². The second kappa shape index (κ2) is 9.02. The number of nitrogens with zero attached hydrogens (tertiary/aromatic N) is 3. The van der Waals surface area contributed by atoms with Crippen molar-refractivity contribution in [2.75, 3.05) is 43.4 Å². The van der Waals surface area contributed by atoms with Crippen LogP contribution in [0.15, 0.2) is 36.0 Å². The van der Waals surface area contributed by atoms with Gasteiger partial charge in [-0.3, -0.25) is 4.79 Å². The molecule has 4 saturated carbocycles. The number of carbonyl (C=O) groups is 1. The third-order valence-electron chi connectivity index (χ3n) is 8.84. The third kappa shape index (κ3) is 4.61. The Morgan fingerprint density at radius 1 is 1.06 bits per heavy atom. The van der Waals surface area contributed by atoms with Gasteiger partial charge in [-0.25, -0.2) is 0 Å². The summed E-state index contributed by atoms with van der Waals surface area (Å²) < 4.78 is 0. The van der Waals surface area contributed by atoms with E-state index in [1.807, 2.05) is 12.1 Å². The lowest BCUT2D eigenvalue weighted by atomic mass is 9.48. The van der Waals surface area contributed by atoms with E-state index in [4.69, 9.17) is 0 Å². The number of nitrogens with one attached hydrogen (secondary N) is 2. The Morgan fingerprint density at radius 2 is 1.64 bits per heavy atom. The first-order valence-corrected chi connectivity index (χ1v) is 12.7. The SMILES string of the molecule is CC(NC(=O)/C(C#N)=C\Nc1ccc(N2CCN(C)CC2)cc1)C12CC3CC(CC(C3)C1)C2. The molecule has 1 aromatic rings. The number of benzene rings is 1. The Kier molecular flexibility index (Phi) is 6.09. The van der Waals surface area contributed by atoms with E-state index in [1.54, 1.807) is 6.20 Å². The number of hydrogen-bond donors (Lipinski definition) is 2. The van der Waals surface area contributed by atoms with Gasteiger partial charge in [0.2, 0.25) is 0 Å². The van der Waals surface area contributed by atoms with Crippen LogP contribution in [-0.2, 0) is 4.79 Å². The highest BCUT2D eigenvalue weighted by molar-refractivity contribution is 5.97. The quantitative estimate of drug-likeness (QED) is 0.510. The summed E-state index contributed by atoms with van der Waals surface area (Å²) in [6.07, 6.45) is 9.44. The molecule has 0 radical (unpaired) electrons. The fraction of sp³-hybridized carbons (Fsp3) is 0.630. The van der Waals surface area contributed by atoms with Crippen molar-refractivity contribution in [1.82, 2.24) is 10.2 Å². The van der Waals surface area contributed by atoms with Gasteiger partial charge in [0, 0.05) is 49.8 Å². The second-order valence-corrected chi connectivity index (χ2v) is 11.1. The molecular formula is C27H37N5O. The van der Waals surface area contributed by atoms with E-state index in [-0.39, 0.29) is 22.9 Å². The van der Waals surface area contributed by atoms with Gasteiger partial charge in [0.1, 0.15) is 11.6 Å². The Bertz CT molecular complexity index is 903. The third-order valence-corrected chi connectivity index (χ3v) is 8.84. The molecule has 6 rings (SSSR count). The number of hydrogen-bond acceptors (Lipinski definition) is 5. The van der Waals surface area contributed by atoms with Crippen molar-refractivity contribution in [2.24, 2.45) is 23.2 Å². The molecule has 176 valence electrons. The molecule has 4 aliphatic carbocycles. The van der Waals surface area contributed by atoms with Crippen molar-refractivity contribution in [3.05, 3.63) is 36.0 Å². The van der Waals surface area contributed by atoms with Crippen LogP contribution in [0, 0.1) is 34.5 Å². The van der Waals surface area contributed by atoms with Gasteiger partial charge in [-0.1, -0.05) is 0 Å². The maximum atomic E-state index is 12.9. The molecule has 4 bridgehead atoms. The molecule has 6 nitrogen and oxygen atoms in total. The monoisotopic (exact) mass is 447 g/mol. The van der Waals surface area contributed by atoms with Crippen LogP contribution >= 0.6 is 0 Å². The fourth-order valence-corrected chi connectivity index (χ4v) is 7.27. The van der Waals surface area contributed by atoms with Crippen LogP contribution in [0.5, 0.6) is 0 Å². The van der Waals surface area contributed by atoms with Gasteiger partial charge in [0.05, 0.1) is 0 Å². The van der Waals surface area contributed by atoms with E-state index in [2.05, 4.69) is 52.6 Å². The number of nitriles is 1. The standard InChI is InChI=1S/C27H37N5O/c1-19(27-14-20-11-21(15-27)13-22(12-20)16-27)30-26(33)23(17-28)18-29-24-3-5-25(6-4-24)32-9-7-31(2)8-10-32/h3-6,18-22,29H,7-16H2,1-2H3,(H,30,33)/b23-18-. The number of amides is 1. The highest BCUT2D eigenvalue weighted by Crippen LogP contribution is 2.61. The summed E-state index contributed by atoms with van der Waals surface area (Å²) in [6.45, 7) is 6.37. The number of anilines is 2. The zero-order valence-corrected chi connectivity index (χ0v) is 20.0. The summed E-state index contributed by atoms with van der Waals surface area (Å²) in [7, 11) is 2.16. The molecule has 0 aromatic heterocycles. The smallest absolute Gasteiger partial charge is 0.263 e. The molecule has 1 atom stereocenters. The average Bonchev–Trinajstić information content (AvgIpc) is 2.79. The van der Waals surface area contributed by atoms with Crippen LogP contribution in [0.2, 0.25) is 0 Å². The molecule has 1 amide bonds. The molecule has 2 N–H and O–H groups in total. The maximum Gasteiger partial charge on any atom is 0.263 e. The summed E-state index contributed by atoms with van der Waals surface area (Å²) in [6, 6.07) is 10.4. The Morgan fingerprint density at radius 3 is 2.18 bits per heavy atom. The van der Waals surface area contributed by atoms with Gasteiger partial charge in [0.25, 0.3) is 5.91 Å². The summed E-state index contributed by atoms with van der Waals surface area (Å²) in [5.41, 5.74) is 2.45. The average molecular weight is 448 g/mol. The Labute approximate surface area is 198 Å². The van der Waals surface area contributed by atoms with Gasteiger partial charge in [0.15, 0.2) is 0 Å².